The third kappa shape index (κ3) is 4.43. The molecule has 35 heavy (non-hydrogen) atoms. The third-order valence-electron chi connectivity index (χ3n) is 6.30. The summed E-state index contributed by atoms with van der Waals surface area (Å²) < 4.78 is 18.7. The molecule has 0 bridgehead atoms. The largest absolute Gasteiger partial charge is 0.466 e. The fourth-order valence-corrected chi connectivity index (χ4v) is 5.38. The van der Waals surface area contributed by atoms with E-state index in [2.05, 4.69) is 0 Å². The van der Waals surface area contributed by atoms with Crippen LogP contribution in [0.2, 0.25) is 0 Å². The first-order valence-electron chi connectivity index (χ1n) is 11.5. The first-order chi connectivity index (χ1) is 17.0. The van der Waals surface area contributed by atoms with E-state index in [9.17, 15) is 19.2 Å². The Morgan fingerprint density at radius 2 is 1.97 bits per heavy atom. The summed E-state index contributed by atoms with van der Waals surface area (Å²) in [6.45, 7) is 2.75. The van der Waals surface area contributed by atoms with Crippen molar-refractivity contribution in [2.75, 3.05) is 26.5 Å². The van der Waals surface area contributed by atoms with Gasteiger partial charge in [0.15, 0.2) is 11.5 Å². The van der Waals surface area contributed by atoms with Gasteiger partial charge in [-0.2, -0.15) is 0 Å². The van der Waals surface area contributed by atoms with Crippen molar-refractivity contribution >= 4 is 33.4 Å². The van der Waals surface area contributed by atoms with Crippen molar-refractivity contribution in [3.05, 3.63) is 56.0 Å². The Labute approximate surface area is 204 Å². The van der Waals surface area contributed by atoms with Gasteiger partial charge in [-0.05, 0) is 48.9 Å². The molecule has 0 radical (unpaired) electrons. The van der Waals surface area contributed by atoms with Crippen LogP contribution in [0.1, 0.15) is 25.3 Å². The number of carbonyl (C=O) groups excluding carboxylic acids is 2. The Kier molecular flexibility index (Phi) is 6.33. The van der Waals surface area contributed by atoms with E-state index >= 15 is 0 Å². The number of likely N-dealkylation sites (tertiary alicyclic amines) is 1. The molecule has 0 saturated carbocycles. The molecule has 1 atom stereocenters. The molecule has 2 aromatic heterocycles. The summed E-state index contributed by atoms with van der Waals surface area (Å²) >= 11 is 1.23. The molecule has 0 spiro atoms. The van der Waals surface area contributed by atoms with Crippen molar-refractivity contribution in [3.8, 4) is 11.5 Å². The van der Waals surface area contributed by atoms with Crippen LogP contribution < -0.4 is 20.7 Å². The average molecular weight is 500 g/mol. The number of hydrogen-bond donors (Lipinski definition) is 0. The highest BCUT2D eigenvalue weighted by atomic mass is 32.1. The monoisotopic (exact) mass is 499 g/mol. The van der Waals surface area contributed by atoms with Crippen LogP contribution >= 0.6 is 11.3 Å². The molecule has 1 aromatic carbocycles. The Morgan fingerprint density at radius 1 is 1.14 bits per heavy atom. The van der Waals surface area contributed by atoms with Crippen LogP contribution in [0.3, 0.4) is 0 Å². The van der Waals surface area contributed by atoms with Crippen molar-refractivity contribution < 1.29 is 23.8 Å². The number of rotatable bonds is 6. The number of thiophene rings is 1. The molecule has 184 valence electrons. The van der Waals surface area contributed by atoms with Gasteiger partial charge in [-0.3, -0.25) is 23.5 Å². The number of piperidine rings is 1. The molecule has 0 aliphatic carbocycles. The number of hydrogen-bond acceptors (Lipinski definition) is 8. The second-order valence-corrected chi connectivity index (χ2v) is 9.43. The van der Waals surface area contributed by atoms with Crippen LogP contribution in [0.5, 0.6) is 11.5 Å². The lowest BCUT2D eigenvalue weighted by molar-refractivity contribution is -0.151. The molecule has 4 heterocycles. The van der Waals surface area contributed by atoms with Crippen LogP contribution in [0.25, 0.3) is 10.2 Å². The van der Waals surface area contributed by atoms with Gasteiger partial charge in [0.25, 0.3) is 5.56 Å². The van der Waals surface area contributed by atoms with E-state index in [-0.39, 0.29) is 44.2 Å². The minimum absolute atomic E-state index is 0.0327. The Balaban J connectivity index is 1.44. The van der Waals surface area contributed by atoms with Crippen molar-refractivity contribution in [1.29, 1.82) is 0 Å². The zero-order valence-electron chi connectivity index (χ0n) is 19.2. The van der Waals surface area contributed by atoms with Crippen molar-refractivity contribution in [1.82, 2.24) is 14.0 Å². The molecule has 5 rings (SSSR count). The summed E-state index contributed by atoms with van der Waals surface area (Å²) in [7, 11) is 0. The fourth-order valence-electron chi connectivity index (χ4n) is 4.54. The van der Waals surface area contributed by atoms with E-state index in [4.69, 9.17) is 14.2 Å². The quantitative estimate of drug-likeness (QED) is 0.476. The van der Waals surface area contributed by atoms with Gasteiger partial charge >= 0.3 is 11.7 Å². The highest BCUT2D eigenvalue weighted by molar-refractivity contribution is 7.17. The average Bonchev–Trinajstić information content (AvgIpc) is 3.54. The van der Waals surface area contributed by atoms with Gasteiger partial charge in [-0.25, -0.2) is 4.79 Å². The highest BCUT2D eigenvalue weighted by Gasteiger charge is 2.30. The summed E-state index contributed by atoms with van der Waals surface area (Å²) in [4.78, 5) is 53.5. The molecular weight excluding hydrogens is 474 g/mol. The molecular formula is C24H25N3O7S. The van der Waals surface area contributed by atoms with Crippen LogP contribution in [-0.4, -0.2) is 52.4 Å². The number of amides is 1. The number of carbonyl (C=O) groups is 2. The van der Waals surface area contributed by atoms with Crippen molar-refractivity contribution in [3.63, 3.8) is 0 Å². The number of nitrogens with zero attached hydrogens (tertiary/aromatic N) is 3. The molecule has 0 N–H and O–H groups in total. The first-order valence-corrected chi connectivity index (χ1v) is 12.4. The van der Waals surface area contributed by atoms with Crippen molar-refractivity contribution in [2.45, 2.75) is 32.9 Å². The topological polar surface area (TPSA) is 109 Å². The number of ether oxygens (including phenoxy) is 3. The van der Waals surface area contributed by atoms with Gasteiger partial charge in [0.05, 0.1) is 24.6 Å². The lowest BCUT2D eigenvalue weighted by atomic mass is 9.98. The summed E-state index contributed by atoms with van der Waals surface area (Å²) in [5, 5.41) is 1.73. The summed E-state index contributed by atoms with van der Waals surface area (Å²) in [5.41, 5.74) is 0.169. The van der Waals surface area contributed by atoms with E-state index in [0.29, 0.717) is 53.3 Å². The van der Waals surface area contributed by atoms with Gasteiger partial charge in [-0.15, -0.1) is 11.3 Å². The predicted octanol–water partition coefficient (Wildman–Crippen LogP) is 1.80. The molecule has 2 aliphatic rings. The molecule has 11 heteroatoms. The van der Waals surface area contributed by atoms with Crippen LogP contribution in [0.4, 0.5) is 0 Å². The standard InChI is InChI=1S/C24H25N3O7S/c1-2-32-23(30)16-4-3-8-25(12-16)20(28)13-26-17-7-9-35-21(17)22(29)27(24(26)31)11-15-5-6-18-19(10-15)34-14-33-18/h5-7,9-10,16H,2-4,8,11-14H2,1H3. The molecule has 1 amide bonds. The smallest absolute Gasteiger partial charge is 0.332 e. The van der Waals surface area contributed by atoms with Gasteiger partial charge in [-0.1, -0.05) is 6.07 Å². The van der Waals surface area contributed by atoms with Crippen LogP contribution in [0, 0.1) is 5.92 Å². The molecule has 1 fully saturated rings. The summed E-state index contributed by atoms with van der Waals surface area (Å²) in [6.07, 6.45) is 1.35. The van der Waals surface area contributed by atoms with Crippen LogP contribution in [0.15, 0.2) is 39.2 Å². The van der Waals surface area contributed by atoms with Gasteiger partial charge in [0.2, 0.25) is 12.7 Å². The molecule has 2 aliphatic heterocycles. The fraction of sp³-hybridized carbons (Fsp3) is 0.417. The van der Waals surface area contributed by atoms with Gasteiger partial charge < -0.3 is 19.1 Å². The summed E-state index contributed by atoms with van der Waals surface area (Å²) in [5.74, 6) is 0.219. The molecule has 1 unspecified atom stereocenters. The molecule has 3 aromatic rings. The van der Waals surface area contributed by atoms with Crippen LogP contribution in [-0.2, 0) is 27.4 Å². The molecule has 10 nitrogen and oxygen atoms in total. The second-order valence-electron chi connectivity index (χ2n) is 8.51. The van der Waals surface area contributed by atoms with E-state index < -0.39 is 11.2 Å². The Bertz CT molecular complexity index is 1410. The number of benzene rings is 1. The third-order valence-corrected chi connectivity index (χ3v) is 7.19. The van der Waals surface area contributed by atoms with E-state index in [1.807, 2.05) is 0 Å². The zero-order valence-corrected chi connectivity index (χ0v) is 20.0. The van der Waals surface area contributed by atoms with E-state index in [1.165, 1.54) is 15.9 Å². The minimum Gasteiger partial charge on any atom is -0.466 e. The number of fused-ring (bicyclic) bond motifs is 2. The number of esters is 1. The van der Waals surface area contributed by atoms with Gasteiger partial charge in [0.1, 0.15) is 11.2 Å². The predicted molar refractivity (Wildman–Crippen MR) is 128 cm³/mol. The number of aromatic nitrogens is 2. The van der Waals surface area contributed by atoms with Crippen molar-refractivity contribution in [2.24, 2.45) is 5.92 Å². The zero-order chi connectivity index (χ0) is 24.5. The minimum atomic E-state index is -0.564. The maximum atomic E-state index is 13.4. The van der Waals surface area contributed by atoms with E-state index in [1.54, 1.807) is 41.5 Å². The van der Waals surface area contributed by atoms with E-state index in [0.717, 1.165) is 4.57 Å². The normalized spacial score (nSPS) is 17.1. The lowest BCUT2D eigenvalue weighted by Gasteiger charge is -2.31. The maximum Gasteiger partial charge on any atom is 0.332 e. The Hall–Kier alpha value is -3.60. The lowest BCUT2D eigenvalue weighted by Crippen LogP contribution is -2.47. The SMILES string of the molecule is CCOC(=O)C1CCCN(C(=O)Cn2c(=O)n(Cc3ccc4c(c3)OCO4)c(=O)c3sccc32)C1. The van der Waals surface area contributed by atoms with Gasteiger partial charge in [0, 0.05) is 13.1 Å². The highest BCUT2D eigenvalue weighted by Crippen LogP contribution is 2.32. The maximum absolute atomic E-state index is 13.4. The Morgan fingerprint density at radius 3 is 2.80 bits per heavy atom. The first kappa shape index (κ1) is 23.2. The molecule has 1 saturated heterocycles. The summed E-state index contributed by atoms with van der Waals surface area (Å²) in [6, 6.07) is 6.94. The second kappa shape index (κ2) is 9.57.